The molecule has 34 heavy (non-hydrogen) atoms. The molecule has 0 amide bonds. The summed E-state index contributed by atoms with van der Waals surface area (Å²) in [6.07, 6.45) is 18.5. The number of phosphoric ester groups is 1. The van der Waals surface area contributed by atoms with Crippen molar-refractivity contribution in [2.45, 2.75) is 122 Å². The molecule has 0 aliphatic carbocycles. The zero-order chi connectivity index (χ0) is 23.9. The van der Waals surface area contributed by atoms with Crippen molar-refractivity contribution in [2.24, 2.45) is 0 Å². The number of aliphatic carboxylic acids is 1. The minimum absolute atomic E-state index is 0. The third kappa shape index (κ3) is 24.5. The summed E-state index contributed by atoms with van der Waals surface area (Å²) in [7, 11) is -3.95. The minimum atomic E-state index is -3.95. The van der Waals surface area contributed by atoms with Gasteiger partial charge in [-0.3, -0.25) is 13.8 Å². The molecule has 0 heterocycles. The van der Waals surface area contributed by atoms with Crippen LogP contribution in [0.25, 0.3) is 0 Å². The van der Waals surface area contributed by atoms with E-state index < -0.39 is 19.0 Å². The first-order valence-corrected chi connectivity index (χ1v) is 15.1. The molecule has 0 aromatic rings. The summed E-state index contributed by atoms with van der Waals surface area (Å²) in [5.41, 5.74) is 0. The van der Waals surface area contributed by atoms with E-state index in [0.29, 0.717) is 18.6 Å². The predicted octanol–water partition coefficient (Wildman–Crippen LogP) is 5.25. The molecule has 0 aliphatic rings. The summed E-state index contributed by atoms with van der Waals surface area (Å²) in [4.78, 5) is 11.0. The van der Waals surface area contributed by atoms with Crippen molar-refractivity contribution in [3.63, 3.8) is 0 Å². The van der Waals surface area contributed by atoms with Crippen LogP contribution in [0.4, 0.5) is 0 Å². The van der Waals surface area contributed by atoms with Crippen LogP contribution in [0.2, 0.25) is 0 Å². The van der Waals surface area contributed by atoms with Crippen LogP contribution < -0.4 is 35.7 Å². The number of carboxylic acid groups (broad SMARTS) is 1. The summed E-state index contributed by atoms with van der Waals surface area (Å²) < 4.78 is 26.3. The number of rotatable bonds is 25. The van der Waals surface area contributed by atoms with Crippen molar-refractivity contribution < 1.29 is 63.0 Å². The van der Waals surface area contributed by atoms with E-state index in [-0.39, 0.29) is 48.9 Å². The van der Waals surface area contributed by atoms with Gasteiger partial charge in [-0.2, -0.15) is 0 Å². The van der Waals surface area contributed by atoms with Gasteiger partial charge in [-0.1, -0.05) is 97.3 Å². The molecule has 0 radical (unpaired) electrons. The van der Waals surface area contributed by atoms with Crippen LogP contribution in [0.5, 0.6) is 0 Å². The van der Waals surface area contributed by atoms with Gasteiger partial charge in [0.05, 0.1) is 13.2 Å². The number of hydrogen-bond donors (Lipinski definition) is 3. The number of phosphoric acid groups is 1. The Morgan fingerprint density at radius 3 is 1.59 bits per heavy atom. The summed E-state index contributed by atoms with van der Waals surface area (Å²) >= 11 is 1.31. The standard InChI is InChI=1S/C23H47O7PS.H3N.Na/c1-3-5-6-7-8-9-10-11-12-13-14-15-16-17-19-28-31(27,30-26)29-20-18-21-32-22(4-2)23(24)25;;/h22,26H,3-21H2,1-2H3,(H,24,25);1H3;/q;;+1. The molecule has 2 unspecified atom stereocenters. The number of hydrogen-bond acceptors (Lipinski definition) is 8. The Labute approximate surface area is 234 Å². The van der Waals surface area contributed by atoms with E-state index in [4.69, 9.17) is 19.4 Å². The quantitative estimate of drug-likeness (QED) is 0.0468. The molecule has 0 aromatic carbocycles. The monoisotopic (exact) mass is 538 g/mol. The van der Waals surface area contributed by atoms with Crippen molar-refractivity contribution in [1.29, 1.82) is 0 Å². The van der Waals surface area contributed by atoms with Crippen LogP contribution in [0.15, 0.2) is 0 Å². The van der Waals surface area contributed by atoms with Crippen LogP contribution in [0.3, 0.4) is 0 Å². The van der Waals surface area contributed by atoms with Gasteiger partial charge in [0.15, 0.2) is 0 Å². The van der Waals surface area contributed by atoms with Crippen molar-refractivity contribution in [3.8, 4) is 0 Å². The van der Waals surface area contributed by atoms with Crippen LogP contribution in [0.1, 0.15) is 117 Å². The van der Waals surface area contributed by atoms with Gasteiger partial charge in [0.2, 0.25) is 0 Å². The zero-order valence-corrected chi connectivity index (χ0v) is 25.7. The van der Waals surface area contributed by atoms with E-state index in [1.807, 2.05) is 6.92 Å². The Kier molecular flexibility index (Phi) is 32.9. The fourth-order valence-corrected chi connectivity index (χ4v) is 5.20. The second kappa shape index (κ2) is 28.4. The molecule has 11 heteroatoms. The molecule has 0 spiro atoms. The molecule has 200 valence electrons. The molecule has 0 bridgehead atoms. The number of thioether (sulfide) groups is 1. The molecule has 5 N–H and O–H groups in total. The van der Waals surface area contributed by atoms with Gasteiger partial charge < -0.3 is 11.3 Å². The number of carboxylic acids is 1. The molecule has 0 saturated heterocycles. The molecule has 0 aromatic heterocycles. The summed E-state index contributed by atoms with van der Waals surface area (Å²) in [6.45, 7) is 4.35. The van der Waals surface area contributed by atoms with Gasteiger partial charge in [0.1, 0.15) is 5.25 Å². The summed E-state index contributed by atoms with van der Waals surface area (Å²) in [6, 6.07) is 0. The summed E-state index contributed by atoms with van der Waals surface area (Å²) in [5, 5.41) is 17.4. The third-order valence-corrected chi connectivity index (χ3v) is 8.01. The first kappa shape index (κ1) is 39.4. The number of carbonyl (C=O) groups is 1. The van der Waals surface area contributed by atoms with Gasteiger partial charge >= 0.3 is 43.3 Å². The fourth-order valence-electron chi connectivity index (χ4n) is 3.38. The van der Waals surface area contributed by atoms with E-state index >= 15 is 0 Å². The molecular weight excluding hydrogens is 488 g/mol. The maximum Gasteiger partial charge on any atom is 1.00 e. The maximum absolute atomic E-state index is 12.2. The first-order valence-electron chi connectivity index (χ1n) is 12.6. The van der Waals surface area contributed by atoms with Crippen molar-refractivity contribution >= 4 is 25.6 Å². The Balaban J connectivity index is -0.00000480. The SMILES string of the molecule is CCCCCCCCCCCCCCCCOP(=O)(OO)OCCCSC(CC)C(=O)O.N.[Na+]. The van der Waals surface area contributed by atoms with E-state index in [9.17, 15) is 9.36 Å². The molecule has 0 rings (SSSR count). The van der Waals surface area contributed by atoms with Crippen molar-refractivity contribution in [3.05, 3.63) is 0 Å². The Morgan fingerprint density at radius 2 is 1.21 bits per heavy atom. The van der Waals surface area contributed by atoms with Gasteiger partial charge in [-0.05, 0) is 25.0 Å². The third-order valence-electron chi connectivity index (χ3n) is 5.35. The molecule has 2 atom stereocenters. The minimum Gasteiger partial charge on any atom is -0.480 e. The van der Waals surface area contributed by atoms with E-state index in [1.54, 1.807) is 0 Å². The van der Waals surface area contributed by atoms with Crippen LogP contribution >= 0.6 is 19.6 Å². The fraction of sp³-hybridized carbons (Fsp3) is 0.957. The van der Waals surface area contributed by atoms with Crippen LogP contribution in [-0.2, 0) is 23.1 Å². The Morgan fingerprint density at radius 1 is 0.794 bits per heavy atom. The first-order chi connectivity index (χ1) is 15.5. The average Bonchev–Trinajstić information content (AvgIpc) is 2.78. The normalized spacial score (nSPS) is 13.5. The summed E-state index contributed by atoms with van der Waals surface area (Å²) in [5.74, 6) is -0.283. The molecule has 0 fully saturated rings. The number of unbranched alkanes of at least 4 members (excludes halogenated alkanes) is 13. The smallest absolute Gasteiger partial charge is 0.480 e. The van der Waals surface area contributed by atoms with Crippen molar-refractivity contribution in [1.82, 2.24) is 6.15 Å². The largest absolute Gasteiger partial charge is 1.00 e. The van der Waals surface area contributed by atoms with Gasteiger partial charge in [-0.25, -0.2) is 9.82 Å². The molecule has 0 aliphatic heterocycles. The average molecular weight is 539 g/mol. The maximum atomic E-state index is 12.2. The zero-order valence-electron chi connectivity index (χ0n) is 22.0. The second-order valence-electron chi connectivity index (χ2n) is 8.25. The van der Waals surface area contributed by atoms with E-state index in [0.717, 1.165) is 19.3 Å². The van der Waals surface area contributed by atoms with Gasteiger partial charge in [-0.15, -0.1) is 16.4 Å². The Hall–Kier alpha value is 0.850. The molecule has 0 saturated carbocycles. The van der Waals surface area contributed by atoms with Crippen LogP contribution in [-0.4, -0.2) is 40.5 Å². The van der Waals surface area contributed by atoms with Gasteiger partial charge in [0.25, 0.3) is 0 Å². The second-order valence-corrected chi connectivity index (χ2v) is 11.1. The van der Waals surface area contributed by atoms with Crippen LogP contribution in [0, 0.1) is 0 Å². The van der Waals surface area contributed by atoms with Crippen molar-refractivity contribution in [2.75, 3.05) is 19.0 Å². The molecule has 8 nitrogen and oxygen atoms in total. The van der Waals surface area contributed by atoms with Gasteiger partial charge in [0, 0.05) is 0 Å². The Bertz CT molecular complexity index is 492. The van der Waals surface area contributed by atoms with E-state index in [1.165, 1.54) is 82.4 Å². The topological polar surface area (TPSA) is 137 Å². The predicted molar refractivity (Wildman–Crippen MR) is 137 cm³/mol. The van der Waals surface area contributed by atoms with E-state index in [2.05, 4.69) is 11.6 Å². The molecular formula is C23H50NNaO7PS+.